The van der Waals surface area contributed by atoms with Gasteiger partial charge in [-0.15, -0.1) is 0 Å². The number of carbonyl (C=O) groups excluding carboxylic acids is 1. The van der Waals surface area contributed by atoms with Crippen molar-refractivity contribution in [2.24, 2.45) is 5.92 Å². The summed E-state index contributed by atoms with van der Waals surface area (Å²) >= 11 is 0. The first-order chi connectivity index (χ1) is 9.51. The van der Waals surface area contributed by atoms with E-state index < -0.39 is 11.9 Å². The molecule has 0 fully saturated rings. The molecule has 0 aliphatic rings. The minimum absolute atomic E-state index is 0.159. The van der Waals surface area contributed by atoms with Crippen molar-refractivity contribution in [2.45, 2.75) is 20.5 Å². The van der Waals surface area contributed by atoms with Crippen LogP contribution in [-0.2, 0) is 16.1 Å². The third-order valence-corrected chi connectivity index (χ3v) is 3.13. The Morgan fingerprint density at radius 2 is 2.00 bits per heavy atom. The van der Waals surface area contributed by atoms with Crippen molar-refractivity contribution in [2.75, 3.05) is 20.2 Å². The number of amides is 1. The zero-order valence-electron chi connectivity index (χ0n) is 12.1. The van der Waals surface area contributed by atoms with Crippen molar-refractivity contribution in [3.63, 3.8) is 0 Å². The van der Waals surface area contributed by atoms with Crippen LogP contribution in [0, 0.1) is 5.92 Å². The second-order valence-electron chi connectivity index (χ2n) is 4.67. The molecular weight excluding hydrogens is 258 g/mol. The minimum atomic E-state index is -0.901. The number of nitrogens with zero attached hydrogens (tertiary/aromatic N) is 1. The van der Waals surface area contributed by atoms with E-state index in [0.717, 1.165) is 5.56 Å². The van der Waals surface area contributed by atoms with Gasteiger partial charge >= 0.3 is 5.97 Å². The number of carboxylic acids is 1. The largest absolute Gasteiger partial charge is 0.481 e. The molecule has 1 N–H and O–H groups in total. The van der Waals surface area contributed by atoms with E-state index in [4.69, 9.17) is 9.84 Å². The lowest BCUT2D eigenvalue weighted by molar-refractivity contribution is -0.141. The van der Waals surface area contributed by atoms with Gasteiger partial charge in [0.15, 0.2) is 0 Å². The monoisotopic (exact) mass is 279 g/mol. The first-order valence-electron chi connectivity index (χ1n) is 6.60. The maximum absolute atomic E-state index is 12.5. The van der Waals surface area contributed by atoms with E-state index in [0.29, 0.717) is 18.7 Å². The summed E-state index contributed by atoms with van der Waals surface area (Å²) < 4.78 is 5.09. The van der Waals surface area contributed by atoms with Crippen LogP contribution in [0.5, 0.6) is 0 Å². The molecule has 1 amide bonds. The van der Waals surface area contributed by atoms with Gasteiger partial charge in [-0.3, -0.25) is 9.59 Å². The quantitative estimate of drug-likeness (QED) is 0.829. The fourth-order valence-electron chi connectivity index (χ4n) is 1.94. The SMILES string of the molecule is CCN(CC(C)C(=O)O)C(=O)c1ccccc1COC. The van der Waals surface area contributed by atoms with E-state index in [2.05, 4.69) is 0 Å². The second kappa shape index (κ2) is 7.65. The topological polar surface area (TPSA) is 66.8 Å². The smallest absolute Gasteiger partial charge is 0.308 e. The van der Waals surface area contributed by atoms with E-state index in [1.807, 2.05) is 19.1 Å². The van der Waals surface area contributed by atoms with Gasteiger partial charge in [-0.1, -0.05) is 25.1 Å². The number of ether oxygens (including phenoxy) is 1. The van der Waals surface area contributed by atoms with E-state index in [-0.39, 0.29) is 12.5 Å². The Bertz CT molecular complexity index is 473. The number of methoxy groups -OCH3 is 1. The molecule has 20 heavy (non-hydrogen) atoms. The number of benzene rings is 1. The molecule has 0 bridgehead atoms. The van der Waals surface area contributed by atoms with Crippen molar-refractivity contribution in [3.05, 3.63) is 35.4 Å². The van der Waals surface area contributed by atoms with Crippen LogP contribution in [0.25, 0.3) is 0 Å². The Kier molecular flexibility index (Phi) is 6.18. The lowest BCUT2D eigenvalue weighted by Crippen LogP contribution is -2.37. The maximum Gasteiger partial charge on any atom is 0.308 e. The molecule has 110 valence electrons. The van der Waals surface area contributed by atoms with Gasteiger partial charge in [-0.2, -0.15) is 0 Å². The van der Waals surface area contributed by atoms with Gasteiger partial charge < -0.3 is 14.7 Å². The first kappa shape index (κ1) is 16.2. The Balaban J connectivity index is 2.93. The van der Waals surface area contributed by atoms with Gasteiger partial charge in [0.05, 0.1) is 12.5 Å². The third-order valence-electron chi connectivity index (χ3n) is 3.13. The van der Waals surface area contributed by atoms with Crippen LogP contribution in [-0.4, -0.2) is 42.1 Å². The molecule has 1 rings (SSSR count). The number of hydrogen-bond acceptors (Lipinski definition) is 3. The van der Waals surface area contributed by atoms with Gasteiger partial charge in [0.1, 0.15) is 0 Å². The fraction of sp³-hybridized carbons (Fsp3) is 0.467. The number of hydrogen-bond donors (Lipinski definition) is 1. The van der Waals surface area contributed by atoms with Gasteiger partial charge in [0.25, 0.3) is 5.91 Å². The third kappa shape index (κ3) is 4.06. The highest BCUT2D eigenvalue weighted by Gasteiger charge is 2.21. The zero-order valence-corrected chi connectivity index (χ0v) is 12.1. The van der Waals surface area contributed by atoms with Crippen molar-refractivity contribution in [1.29, 1.82) is 0 Å². The average Bonchev–Trinajstić information content (AvgIpc) is 2.44. The van der Waals surface area contributed by atoms with Crippen LogP contribution < -0.4 is 0 Å². The van der Waals surface area contributed by atoms with E-state index in [9.17, 15) is 9.59 Å². The molecule has 0 saturated carbocycles. The summed E-state index contributed by atoms with van der Waals surface area (Å²) in [5.41, 5.74) is 1.37. The van der Waals surface area contributed by atoms with Gasteiger partial charge in [0.2, 0.25) is 0 Å². The summed E-state index contributed by atoms with van der Waals surface area (Å²) in [5, 5.41) is 8.96. The standard InChI is InChI=1S/C15H21NO4/c1-4-16(9-11(2)15(18)19)14(17)13-8-6-5-7-12(13)10-20-3/h5-8,11H,4,9-10H2,1-3H3,(H,18,19). The van der Waals surface area contributed by atoms with E-state index in [1.165, 1.54) is 0 Å². The van der Waals surface area contributed by atoms with Crippen molar-refractivity contribution in [3.8, 4) is 0 Å². The summed E-state index contributed by atoms with van der Waals surface area (Å²) in [7, 11) is 1.57. The Labute approximate surface area is 119 Å². The second-order valence-corrected chi connectivity index (χ2v) is 4.67. The van der Waals surface area contributed by atoms with Crippen LogP contribution in [0.4, 0.5) is 0 Å². The summed E-state index contributed by atoms with van der Waals surface area (Å²) in [6.07, 6.45) is 0. The molecule has 0 radical (unpaired) electrons. The van der Waals surface area contributed by atoms with Crippen molar-refractivity contribution < 1.29 is 19.4 Å². The fourth-order valence-corrected chi connectivity index (χ4v) is 1.94. The van der Waals surface area contributed by atoms with Crippen LogP contribution >= 0.6 is 0 Å². The predicted octanol–water partition coefficient (Wildman–Crippen LogP) is 2.02. The van der Waals surface area contributed by atoms with Crippen LogP contribution in [0.2, 0.25) is 0 Å². The summed E-state index contributed by atoms with van der Waals surface area (Å²) in [6, 6.07) is 7.22. The highest BCUT2D eigenvalue weighted by Crippen LogP contribution is 2.14. The van der Waals surface area contributed by atoms with Gasteiger partial charge in [-0.05, 0) is 18.6 Å². The Hall–Kier alpha value is -1.88. The molecule has 5 nitrogen and oxygen atoms in total. The highest BCUT2D eigenvalue weighted by molar-refractivity contribution is 5.95. The molecule has 5 heteroatoms. The number of carboxylic acid groups (broad SMARTS) is 1. The van der Waals surface area contributed by atoms with Crippen LogP contribution in [0.1, 0.15) is 29.8 Å². The van der Waals surface area contributed by atoms with Gasteiger partial charge in [0, 0.05) is 25.8 Å². The Morgan fingerprint density at radius 1 is 1.35 bits per heavy atom. The summed E-state index contributed by atoms with van der Waals surface area (Å²) in [4.78, 5) is 25.0. The first-order valence-corrected chi connectivity index (χ1v) is 6.60. The van der Waals surface area contributed by atoms with Crippen LogP contribution in [0.15, 0.2) is 24.3 Å². The molecular formula is C15H21NO4. The summed E-state index contributed by atoms with van der Waals surface area (Å²) in [6.45, 7) is 4.46. The van der Waals surface area contributed by atoms with Gasteiger partial charge in [-0.25, -0.2) is 0 Å². The molecule has 0 aromatic heterocycles. The zero-order chi connectivity index (χ0) is 15.1. The highest BCUT2D eigenvalue weighted by atomic mass is 16.5. The molecule has 0 saturated heterocycles. The molecule has 0 spiro atoms. The molecule has 1 aromatic rings. The molecule has 0 heterocycles. The molecule has 1 aromatic carbocycles. The molecule has 1 atom stereocenters. The Morgan fingerprint density at radius 3 is 2.55 bits per heavy atom. The molecule has 0 aliphatic carbocycles. The normalized spacial score (nSPS) is 11.9. The van der Waals surface area contributed by atoms with E-state index >= 15 is 0 Å². The maximum atomic E-state index is 12.5. The van der Waals surface area contributed by atoms with Crippen molar-refractivity contribution >= 4 is 11.9 Å². The molecule has 0 aliphatic heterocycles. The van der Waals surface area contributed by atoms with E-state index in [1.54, 1.807) is 31.1 Å². The average molecular weight is 279 g/mol. The van der Waals surface area contributed by atoms with Crippen LogP contribution in [0.3, 0.4) is 0 Å². The minimum Gasteiger partial charge on any atom is -0.481 e. The lowest BCUT2D eigenvalue weighted by atomic mass is 10.1. The molecule has 1 unspecified atom stereocenters. The number of aliphatic carboxylic acids is 1. The van der Waals surface area contributed by atoms with Crippen molar-refractivity contribution in [1.82, 2.24) is 4.90 Å². The lowest BCUT2D eigenvalue weighted by Gasteiger charge is -2.24. The number of carbonyl (C=O) groups is 2. The number of rotatable bonds is 7. The predicted molar refractivity (Wildman–Crippen MR) is 75.5 cm³/mol. The summed E-state index contributed by atoms with van der Waals surface area (Å²) in [5.74, 6) is -1.65.